The first-order valence-corrected chi connectivity index (χ1v) is 7.57. The lowest BCUT2D eigenvalue weighted by molar-refractivity contribution is 0.212. The van der Waals surface area contributed by atoms with Gasteiger partial charge in [-0.15, -0.1) is 0 Å². The molecule has 22 heavy (non-hydrogen) atoms. The first kappa shape index (κ1) is 14.9. The molecule has 0 amide bonds. The Morgan fingerprint density at radius 2 is 1.59 bits per heavy atom. The molecule has 1 fully saturated rings. The zero-order chi connectivity index (χ0) is 15.5. The van der Waals surface area contributed by atoms with Crippen molar-refractivity contribution in [3.05, 3.63) is 59.7 Å². The first-order chi connectivity index (χ1) is 10.7. The normalized spacial score (nSPS) is 22.0. The zero-order valence-corrected chi connectivity index (χ0v) is 12.4. The number of nitrogens with zero attached hydrogens (tertiary/aromatic N) is 1. The van der Waals surface area contributed by atoms with Crippen LogP contribution < -0.4 is 0 Å². The van der Waals surface area contributed by atoms with E-state index in [-0.39, 0.29) is 29.9 Å². The van der Waals surface area contributed by atoms with Gasteiger partial charge in [0.1, 0.15) is 11.5 Å². The number of benzene rings is 2. The minimum atomic E-state index is -0.0603. The number of likely N-dealkylation sites (tertiary alicyclic amines) is 1. The molecule has 0 aliphatic carbocycles. The average molecular weight is 299 g/mol. The average Bonchev–Trinajstić information content (AvgIpc) is 2.91. The van der Waals surface area contributed by atoms with Crippen molar-refractivity contribution in [1.82, 2.24) is 4.90 Å². The van der Waals surface area contributed by atoms with Crippen molar-refractivity contribution < 1.29 is 15.3 Å². The van der Waals surface area contributed by atoms with E-state index in [0.29, 0.717) is 12.1 Å². The van der Waals surface area contributed by atoms with Gasteiger partial charge in [-0.05, 0) is 17.7 Å². The Kier molecular flexibility index (Phi) is 4.32. The van der Waals surface area contributed by atoms with Crippen molar-refractivity contribution in [1.29, 1.82) is 0 Å². The Bertz CT molecular complexity index is 609. The van der Waals surface area contributed by atoms with Gasteiger partial charge in [-0.2, -0.15) is 0 Å². The molecule has 2 aromatic rings. The molecule has 1 heterocycles. The third kappa shape index (κ3) is 2.93. The summed E-state index contributed by atoms with van der Waals surface area (Å²) in [6.45, 7) is 2.32. The molecule has 2 atom stereocenters. The van der Waals surface area contributed by atoms with Gasteiger partial charge in [-0.3, -0.25) is 4.90 Å². The highest BCUT2D eigenvalue weighted by atomic mass is 16.3. The van der Waals surface area contributed by atoms with E-state index < -0.39 is 0 Å². The Hall–Kier alpha value is -2.04. The van der Waals surface area contributed by atoms with E-state index in [9.17, 15) is 15.3 Å². The Labute approximate surface area is 130 Å². The van der Waals surface area contributed by atoms with E-state index in [4.69, 9.17) is 0 Å². The standard InChI is InChI=1S/C18H21NO3/c20-12-14-10-19(9-13-5-2-1-3-6-13)11-15(14)18-16(21)7-4-8-17(18)22/h1-8,14-15,20-22H,9-12H2. The zero-order valence-electron chi connectivity index (χ0n) is 12.4. The minimum absolute atomic E-state index is 0.0166. The molecule has 2 unspecified atom stereocenters. The number of phenols is 2. The van der Waals surface area contributed by atoms with Crippen LogP contribution in [0.25, 0.3) is 0 Å². The maximum absolute atomic E-state index is 10.1. The van der Waals surface area contributed by atoms with Crippen LogP contribution in [0.4, 0.5) is 0 Å². The van der Waals surface area contributed by atoms with Crippen molar-refractivity contribution in [3.8, 4) is 11.5 Å². The lowest BCUT2D eigenvalue weighted by Crippen LogP contribution is -2.20. The molecule has 0 bridgehead atoms. The van der Waals surface area contributed by atoms with E-state index in [1.165, 1.54) is 5.56 Å². The van der Waals surface area contributed by atoms with Crippen LogP contribution in [0.1, 0.15) is 17.0 Å². The molecule has 1 aliphatic heterocycles. The van der Waals surface area contributed by atoms with Gasteiger partial charge in [0.25, 0.3) is 0 Å². The van der Waals surface area contributed by atoms with Crippen molar-refractivity contribution in [3.63, 3.8) is 0 Å². The molecule has 3 N–H and O–H groups in total. The van der Waals surface area contributed by atoms with Gasteiger partial charge in [0.15, 0.2) is 0 Å². The highest BCUT2D eigenvalue weighted by molar-refractivity contribution is 5.46. The smallest absolute Gasteiger partial charge is 0.122 e. The molecule has 4 heteroatoms. The molecule has 4 nitrogen and oxygen atoms in total. The summed E-state index contributed by atoms with van der Waals surface area (Å²) in [6.07, 6.45) is 0. The van der Waals surface area contributed by atoms with E-state index >= 15 is 0 Å². The Morgan fingerprint density at radius 3 is 2.23 bits per heavy atom. The van der Waals surface area contributed by atoms with Crippen LogP contribution in [0, 0.1) is 5.92 Å². The van der Waals surface area contributed by atoms with Crippen LogP contribution in [0.3, 0.4) is 0 Å². The van der Waals surface area contributed by atoms with Gasteiger partial charge in [0, 0.05) is 43.6 Å². The van der Waals surface area contributed by atoms with Crippen molar-refractivity contribution >= 4 is 0 Å². The summed E-state index contributed by atoms with van der Waals surface area (Å²) in [7, 11) is 0. The molecule has 0 radical (unpaired) electrons. The SMILES string of the molecule is OCC1CN(Cc2ccccc2)CC1c1c(O)cccc1O. The number of rotatable bonds is 4. The topological polar surface area (TPSA) is 63.9 Å². The fourth-order valence-corrected chi connectivity index (χ4v) is 3.36. The fourth-order valence-electron chi connectivity index (χ4n) is 3.36. The molecular formula is C18H21NO3. The number of aromatic hydroxyl groups is 2. The van der Waals surface area contributed by atoms with Gasteiger partial charge in [0.05, 0.1) is 0 Å². The summed E-state index contributed by atoms with van der Waals surface area (Å²) < 4.78 is 0. The summed E-state index contributed by atoms with van der Waals surface area (Å²) in [4.78, 5) is 2.26. The summed E-state index contributed by atoms with van der Waals surface area (Å²) >= 11 is 0. The molecule has 1 saturated heterocycles. The van der Waals surface area contributed by atoms with Crippen LogP contribution in [0.15, 0.2) is 48.5 Å². The summed E-state index contributed by atoms with van der Waals surface area (Å²) in [5.74, 6) is 0.160. The predicted octanol–water partition coefficient (Wildman–Crippen LogP) is 2.31. The molecule has 3 rings (SSSR count). The van der Waals surface area contributed by atoms with Crippen LogP contribution >= 0.6 is 0 Å². The summed E-state index contributed by atoms with van der Waals surface area (Å²) in [5, 5.41) is 29.8. The van der Waals surface area contributed by atoms with Gasteiger partial charge >= 0.3 is 0 Å². The maximum atomic E-state index is 10.1. The summed E-state index contributed by atoms with van der Waals surface area (Å²) in [5.41, 5.74) is 1.78. The monoisotopic (exact) mass is 299 g/mol. The second-order valence-electron chi connectivity index (χ2n) is 5.94. The van der Waals surface area contributed by atoms with E-state index in [1.807, 2.05) is 18.2 Å². The Balaban J connectivity index is 1.81. The molecular weight excluding hydrogens is 278 g/mol. The van der Waals surface area contributed by atoms with Crippen LogP contribution in [0.5, 0.6) is 11.5 Å². The molecule has 116 valence electrons. The molecule has 1 aliphatic rings. The fraction of sp³-hybridized carbons (Fsp3) is 0.333. The predicted molar refractivity (Wildman–Crippen MR) is 84.8 cm³/mol. The molecule has 0 spiro atoms. The lowest BCUT2D eigenvalue weighted by atomic mass is 9.88. The molecule has 0 aromatic heterocycles. The van der Waals surface area contributed by atoms with Crippen LogP contribution in [-0.2, 0) is 6.54 Å². The molecule has 0 saturated carbocycles. The minimum Gasteiger partial charge on any atom is -0.508 e. The van der Waals surface area contributed by atoms with Crippen molar-refractivity contribution in [2.45, 2.75) is 12.5 Å². The van der Waals surface area contributed by atoms with Crippen LogP contribution in [-0.4, -0.2) is 39.9 Å². The molecule has 2 aromatic carbocycles. The van der Waals surface area contributed by atoms with Gasteiger partial charge in [-0.1, -0.05) is 36.4 Å². The maximum Gasteiger partial charge on any atom is 0.122 e. The third-order valence-electron chi connectivity index (χ3n) is 4.43. The first-order valence-electron chi connectivity index (χ1n) is 7.57. The number of aliphatic hydroxyl groups excluding tert-OH is 1. The lowest BCUT2D eigenvalue weighted by Gasteiger charge is -2.19. The Morgan fingerprint density at radius 1 is 0.909 bits per heavy atom. The number of phenolic OH excluding ortho intramolecular Hbond substituents is 2. The van der Waals surface area contributed by atoms with Crippen molar-refractivity contribution in [2.75, 3.05) is 19.7 Å². The van der Waals surface area contributed by atoms with Gasteiger partial charge in [-0.25, -0.2) is 0 Å². The summed E-state index contributed by atoms with van der Waals surface area (Å²) in [6, 6.07) is 15.0. The second kappa shape index (κ2) is 6.38. The quantitative estimate of drug-likeness (QED) is 0.810. The van der Waals surface area contributed by atoms with Crippen molar-refractivity contribution in [2.24, 2.45) is 5.92 Å². The largest absolute Gasteiger partial charge is 0.508 e. The van der Waals surface area contributed by atoms with E-state index in [2.05, 4.69) is 17.0 Å². The van der Waals surface area contributed by atoms with Gasteiger partial charge in [0.2, 0.25) is 0 Å². The second-order valence-corrected chi connectivity index (χ2v) is 5.94. The number of hydrogen-bond donors (Lipinski definition) is 3. The van der Waals surface area contributed by atoms with E-state index in [1.54, 1.807) is 18.2 Å². The van der Waals surface area contributed by atoms with Gasteiger partial charge < -0.3 is 15.3 Å². The highest BCUT2D eigenvalue weighted by Crippen LogP contribution is 2.41. The highest BCUT2D eigenvalue weighted by Gasteiger charge is 2.36. The van der Waals surface area contributed by atoms with E-state index in [0.717, 1.165) is 13.1 Å². The number of hydrogen-bond acceptors (Lipinski definition) is 4. The number of aliphatic hydroxyl groups is 1. The van der Waals surface area contributed by atoms with Crippen LogP contribution in [0.2, 0.25) is 0 Å². The third-order valence-corrected chi connectivity index (χ3v) is 4.43.